The number of thiophene rings is 1. The van der Waals surface area contributed by atoms with Crippen LogP contribution in [-0.4, -0.2) is 31.4 Å². The zero-order valence-corrected chi connectivity index (χ0v) is 17.5. The van der Waals surface area contributed by atoms with E-state index in [9.17, 15) is 14.0 Å². The molecule has 154 valence electrons. The van der Waals surface area contributed by atoms with Crippen LogP contribution in [-0.2, 0) is 17.6 Å². The number of fused-ring (bicyclic) bond motifs is 1. The maximum absolute atomic E-state index is 14.0. The number of amides is 2. The van der Waals surface area contributed by atoms with E-state index in [0.717, 1.165) is 55.6 Å². The summed E-state index contributed by atoms with van der Waals surface area (Å²) in [6.07, 6.45) is 5.04. The van der Waals surface area contributed by atoms with Crippen molar-refractivity contribution in [3.8, 4) is 0 Å². The van der Waals surface area contributed by atoms with Crippen LogP contribution in [0.25, 0.3) is 0 Å². The van der Waals surface area contributed by atoms with E-state index in [2.05, 4.69) is 17.6 Å². The first-order valence-corrected chi connectivity index (χ1v) is 11.2. The van der Waals surface area contributed by atoms with Crippen LogP contribution in [0.2, 0.25) is 0 Å². The van der Waals surface area contributed by atoms with E-state index in [4.69, 9.17) is 0 Å². The summed E-state index contributed by atoms with van der Waals surface area (Å²) < 4.78 is 14.0. The number of nitrogens with one attached hydrogen (secondary N) is 3. The molecule has 1 aromatic heterocycles. The van der Waals surface area contributed by atoms with Gasteiger partial charge in [0.15, 0.2) is 6.54 Å². The molecule has 1 atom stereocenters. The lowest BCUT2D eigenvalue weighted by molar-refractivity contribution is -0.878. The Balaban J connectivity index is 1.59. The first-order valence-electron chi connectivity index (χ1n) is 10.3. The minimum absolute atomic E-state index is 0.0616. The Hall–Kier alpha value is -2.25. The Kier molecular flexibility index (Phi) is 5.96. The highest BCUT2D eigenvalue weighted by Gasteiger charge is 2.29. The van der Waals surface area contributed by atoms with Crippen molar-refractivity contribution in [1.82, 2.24) is 0 Å². The van der Waals surface area contributed by atoms with Gasteiger partial charge in [0.05, 0.1) is 24.3 Å². The second-order valence-corrected chi connectivity index (χ2v) is 9.28. The van der Waals surface area contributed by atoms with Crippen LogP contribution >= 0.6 is 11.3 Å². The third-order valence-corrected chi connectivity index (χ3v) is 7.00. The molecule has 2 heterocycles. The number of hydrogen-bond acceptors (Lipinski definition) is 3. The van der Waals surface area contributed by atoms with E-state index in [1.54, 1.807) is 18.2 Å². The number of para-hydroxylation sites is 1. The number of halogens is 1. The van der Waals surface area contributed by atoms with Gasteiger partial charge in [0.25, 0.3) is 11.8 Å². The highest BCUT2D eigenvalue weighted by atomic mass is 32.1. The van der Waals surface area contributed by atoms with E-state index in [0.29, 0.717) is 23.0 Å². The SMILES string of the molecule is C[C@H]1CCc2c(sc(NC(=O)C[NH+]3CCCC3)c2C(=O)Nc2ccccc2F)C1. The third-order valence-electron chi connectivity index (χ3n) is 5.83. The lowest BCUT2D eigenvalue weighted by Gasteiger charge is -2.18. The maximum atomic E-state index is 14.0. The molecule has 1 aliphatic heterocycles. The molecule has 29 heavy (non-hydrogen) atoms. The topological polar surface area (TPSA) is 62.6 Å². The second-order valence-electron chi connectivity index (χ2n) is 8.17. The summed E-state index contributed by atoms with van der Waals surface area (Å²) in [6.45, 7) is 4.67. The number of likely N-dealkylation sites (tertiary alicyclic amines) is 1. The summed E-state index contributed by atoms with van der Waals surface area (Å²) in [5.41, 5.74) is 1.66. The normalized spacial score (nSPS) is 19.0. The number of carbonyl (C=O) groups is 2. The molecule has 1 saturated heterocycles. The van der Waals surface area contributed by atoms with Gasteiger partial charge in [-0.3, -0.25) is 9.59 Å². The first kappa shape index (κ1) is 20.0. The van der Waals surface area contributed by atoms with Crippen molar-refractivity contribution in [2.75, 3.05) is 30.3 Å². The molecule has 5 nitrogen and oxygen atoms in total. The summed E-state index contributed by atoms with van der Waals surface area (Å²) in [7, 11) is 0. The number of hydrogen-bond donors (Lipinski definition) is 3. The highest BCUT2D eigenvalue weighted by Crippen LogP contribution is 2.40. The van der Waals surface area contributed by atoms with Gasteiger partial charge in [0.1, 0.15) is 10.8 Å². The van der Waals surface area contributed by atoms with Gasteiger partial charge in [-0.15, -0.1) is 11.3 Å². The van der Waals surface area contributed by atoms with E-state index in [-0.39, 0.29) is 17.5 Å². The van der Waals surface area contributed by atoms with Crippen LogP contribution in [0.1, 0.15) is 47.0 Å². The molecule has 1 aromatic carbocycles. The summed E-state index contributed by atoms with van der Waals surface area (Å²) in [4.78, 5) is 28.2. The van der Waals surface area contributed by atoms with Gasteiger partial charge in [-0.05, 0) is 42.9 Å². The van der Waals surface area contributed by atoms with Crippen molar-refractivity contribution in [2.24, 2.45) is 5.92 Å². The van der Waals surface area contributed by atoms with Crippen LogP contribution in [0.4, 0.5) is 15.1 Å². The molecule has 7 heteroatoms. The molecule has 1 fully saturated rings. The molecule has 0 unspecified atom stereocenters. The molecule has 0 radical (unpaired) electrons. The van der Waals surface area contributed by atoms with Gasteiger partial charge < -0.3 is 15.5 Å². The lowest BCUT2D eigenvalue weighted by atomic mass is 9.88. The fourth-order valence-corrected chi connectivity index (χ4v) is 5.70. The van der Waals surface area contributed by atoms with Gasteiger partial charge >= 0.3 is 0 Å². The summed E-state index contributed by atoms with van der Waals surface area (Å²) >= 11 is 1.50. The predicted octanol–water partition coefficient (Wildman–Crippen LogP) is 2.88. The third kappa shape index (κ3) is 4.51. The fourth-order valence-electron chi connectivity index (χ4n) is 4.28. The molecule has 1 aliphatic carbocycles. The number of rotatable bonds is 5. The highest BCUT2D eigenvalue weighted by molar-refractivity contribution is 7.17. The Morgan fingerprint density at radius 1 is 1.21 bits per heavy atom. The van der Waals surface area contributed by atoms with Gasteiger partial charge in [0.2, 0.25) is 0 Å². The van der Waals surface area contributed by atoms with Crippen molar-refractivity contribution in [2.45, 2.75) is 39.0 Å². The van der Waals surface area contributed by atoms with Crippen LogP contribution < -0.4 is 15.5 Å². The molecule has 2 aromatic rings. The van der Waals surface area contributed by atoms with E-state index >= 15 is 0 Å². The minimum atomic E-state index is -0.471. The number of carbonyl (C=O) groups excluding carboxylic acids is 2. The molecule has 0 spiro atoms. The van der Waals surface area contributed by atoms with E-state index < -0.39 is 5.82 Å². The Labute approximate surface area is 174 Å². The van der Waals surface area contributed by atoms with Crippen LogP contribution in [0.5, 0.6) is 0 Å². The molecule has 2 aliphatic rings. The monoisotopic (exact) mass is 416 g/mol. The number of anilines is 2. The summed E-state index contributed by atoms with van der Waals surface area (Å²) in [5, 5.41) is 6.29. The van der Waals surface area contributed by atoms with Crippen LogP contribution in [0.15, 0.2) is 24.3 Å². The molecule has 0 saturated carbocycles. The second kappa shape index (κ2) is 8.63. The summed E-state index contributed by atoms with van der Waals surface area (Å²) in [5.74, 6) is -0.331. The van der Waals surface area contributed by atoms with Crippen molar-refractivity contribution in [1.29, 1.82) is 0 Å². The van der Waals surface area contributed by atoms with Crippen LogP contribution in [0.3, 0.4) is 0 Å². The Bertz CT molecular complexity index is 921. The average Bonchev–Trinajstić information content (AvgIpc) is 3.30. The predicted molar refractivity (Wildman–Crippen MR) is 113 cm³/mol. The maximum Gasteiger partial charge on any atom is 0.280 e. The van der Waals surface area contributed by atoms with Crippen LogP contribution in [0, 0.1) is 11.7 Å². The summed E-state index contributed by atoms with van der Waals surface area (Å²) in [6, 6.07) is 6.14. The quantitative estimate of drug-likeness (QED) is 0.702. The fraction of sp³-hybridized carbons (Fsp3) is 0.455. The van der Waals surface area contributed by atoms with Crippen molar-refractivity contribution >= 4 is 33.8 Å². The smallest absolute Gasteiger partial charge is 0.280 e. The molecule has 2 amide bonds. The zero-order chi connectivity index (χ0) is 20.4. The van der Waals surface area contributed by atoms with E-state index in [1.807, 2.05) is 0 Å². The molecule has 4 rings (SSSR count). The van der Waals surface area contributed by atoms with Crippen molar-refractivity contribution in [3.05, 3.63) is 46.1 Å². The molecule has 0 bridgehead atoms. The zero-order valence-electron chi connectivity index (χ0n) is 16.6. The van der Waals surface area contributed by atoms with Crippen molar-refractivity contribution in [3.63, 3.8) is 0 Å². The molecular weight excluding hydrogens is 389 g/mol. The van der Waals surface area contributed by atoms with E-state index in [1.165, 1.54) is 22.3 Å². The van der Waals surface area contributed by atoms with Gasteiger partial charge in [-0.25, -0.2) is 4.39 Å². The Morgan fingerprint density at radius 3 is 2.72 bits per heavy atom. The largest absolute Gasteiger partial charge is 0.327 e. The minimum Gasteiger partial charge on any atom is -0.327 e. The number of quaternary nitrogens is 1. The average molecular weight is 417 g/mol. The first-order chi connectivity index (χ1) is 14.0. The van der Waals surface area contributed by atoms with Crippen molar-refractivity contribution < 1.29 is 18.9 Å². The lowest BCUT2D eigenvalue weighted by Crippen LogP contribution is -3.11. The standard InChI is InChI=1S/C22H26FN3O2S/c1-14-8-9-15-18(12-14)29-22(25-19(27)13-26-10-4-5-11-26)20(15)21(28)24-17-7-3-2-6-16(17)23/h2-3,6-7,14H,4-5,8-13H2,1H3,(H,24,28)(H,25,27)/p+1/t14-/m0/s1. The number of benzene rings is 1. The van der Waals surface area contributed by atoms with Gasteiger partial charge in [0, 0.05) is 17.7 Å². The van der Waals surface area contributed by atoms with Gasteiger partial charge in [-0.2, -0.15) is 0 Å². The molecule has 3 N–H and O–H groups in total. The van der Waals surface area contributed by atoms with Gasteiger partial charge in [-0.1, -0.05) is 19.1 Å². The molecular formula is C22H27FN3O2S+. The Morgan fingerprint density at radius 2 is 1.97 bits per heavy atom.